The van der Waals surface area contributed by atoms with Crippen LogP contribution in [-0.4, -0.2) is 16.0 Å². The Bertz CT molecular complexity index is 293. The van der Waals surface area contributed by atoms with Crippen molar-refractivity contribution in [2.75, 3.05) is 5.75 Å². The van der Waals surface area contributed by atoms with E-state index in [0.717, 1.165) is 10.1 Å². The largest absolute Gasteiger partial charge is 0.174 e. The van der Waals surface area contributed by atoms with Crippen molar-refractivity contribution < 1.29 is 0 Å². The fourth-order valence-electron chi connectivity index (χ4n) is 0.737. The average Bonchev–Trinajstić information content (AvgIpc) is 2.76. The second kappa shape index (κ2) is 3.92. The van der Waals surface area contributed by atoms with Gasteiger partial charge in [-0.25, -0.2) is 0 Å². The maximum Gasteiger partial charge on any atom is 0.174 e. The first-order valence-corrected chi connectivity index (χ1v) is 5.69. The number of hydrogen-bond donors (Lipinski definition) is 0. The quantitative estimate of drug-likeness (QED) is 0.535. The van der Waals surface area contributed by atoms with Crippen LogP contribution in [0.15, 0.2) is 9.85 Å². The summed E-state index contributed by atoms with van der Waals surface area (Å²) in [5, 5.41) is 7.66. The molecule has 0 saturated heterocycles. The number of rotatable bonds is 2. The molecule has 1 saturated carbocycles. The van der Waals surface area contributed by atoms with E-state index in [1.165, 1.54) is 12.8 Å². The summed E-state index contributed by atoms with van der Waals surface area (Å²) in [7, 11) is 0. The van der Waals surface area contributed by atoms with Gasteiger partial charge in [-0.1, -0.05) is 34.9 Å². The van der Waals surface area contributed by atoms with Gasteiger partial charge in [0.15, 0.2) is 4.34 Å². The zero-order chi connectivity index (χ0) is 8.23. The van der Waals surface area contributed by atoms with E-state index in [4.69, 9.17) is 0 Å². The zero-order valence-corrected chi connectivity index (χ0v) is 8.12. The lowest BCUT2D eigenvalue weighted by Gasteiger charge is -1.84. The molecule has 2 rings (SSSR count). The molecule has 1 aromatic rings. The van der Waals surface area contributed by atoms with E-state index >= 15 is 0 Å². The van der Waals surface area contributed by atoms with Crippen LogP contribution in [0.25, 0.3) is 0 Å². The second-order valence-electron chi connectivity index (χ2n) is 2.59. The summed E-state index contributed by atoms with van der Waals surface area (Å²) in [6.07, 6.45) is 2.60. The monoisotopic (exact) mass is 196 g/mol. The van der Waals surface area contributed by atoms with Crippen molar-refractivity contribution in [3.05, 3.63) is 5.51 Å². The fourth-order valence-corrected chi connectivity index (χ4v) is 1.98. The predicted molar refractivity (Wildman–Crippen MR) is 51.1 cm³/mol. The summed E-state index contributed by atoms with van der Waals surface area (Å²) < 4.78 is 1.01. The Morgan fingerprint density at radius 2 is 2.58 bits per heavy atom. The molecule has 0 atom stereocenters. The summed E-state index contributed by atoms with van der Waals surface area (Å²) in [5.74, 6) is 7.90. The zero-order valence-electron chi connectivity index (χ0n) is 6.49. The van der Waals surface area contributed by atoms with Crippen molar-refractivity contribution in [1.29, 1.82) is 0 Å². The van der Waals surface area contributed by atoms with Crippen LogP contribution in [0.1, 0.15) is 12.8 Å². The number of nitrogens with zero attached hydrogens (tertiary/aromatic N) is 2. The summed E-state index contributed by atoms with van der Waals surface area (Å²) in [4.78, 5) is 0. The van der Waals surface area contributed by atoms with Gasteiger partial charge in [-0.3, -0.25) is 0 Å². The standard InChI is InChI=1S/C8H8N2S2/c1(2-7-3-4-7)5-11-8-10-9-6-12-8/h6-7H,3-5H2. The molecule has 0 unspecified atom stereocenters. The molecular formula is C8H8N2S2. The summed E-state index contributed by atoms with van der Waals surface area (Å²) in [6, 6.07) is 0. The third-order valence-corrected chi connectivity index (χ3v) is 3.23. The number of aromatic nitrogens is 2. The molecule has 0 aliphatic heterocycles. The first-order valence-electron chi connectivity index (χ1n) is 3.82. The molecule has 1 aliphatic rings. The van der Waals surface area contributed by atoms with E-state index in [1.807, 2.05) is 0 Å². The Morgan fingerprint density at radius 1 is 1.67 bits per heavy atom. The van der Waals surface area contributed by atoms with Crippen LogP contribution in [0.3, 0.4) is 0 Å². The van der Waals surface area contributed by atoms with E-state index in [9.17, 15) is 0 Å². The van der Waals surface area contributed by atoms with Crippen molar-refractivity contribution in [3.63, 3.8) is 0 Å². The molecule has 62 valence electrons. The molecule has 12 heavy (non-hydrogen) atoms. The topological polar surface area (TPSA) is 25.8 Å². The van der Waals surface area contributed by atoms with Gasteiger partial charge in [-0.15, -0.1) is 10.2 Å². The highest BCUT2D eigenvalue weighted by atomic mass is 32.2. The van der Waals surface area contributed by atoms with Crippen LogP contribution in [0.2, 0.25) is 0 Å². The van der Waals surface area contributed by atoms with Crippen molar-refractivity contribution in [2.24, 2.45) is 5.92 Å². The minimum atomic E-state index is 0.708. The molecule has 0 amide bonds. The first-order chi connectivity index (χ1) is 5.95. The molecule has 0 spiro atoms. The van der Waals surface area contributed by atoms with Gasteiger partial charge in [-0.05, 0) is 12.8 Å². The average molecular weight is 196 g/mol. The summed E-state index contributed by atoms with van der Waals surface area (Å²) in [6.45, 7) is 0. The smallest absolute Gasteiger partial charge is 0.146 e. The van der Waals surface area contributed by atoms with E-state index in [1.54, 1.807) is 28.6 Å². The molecule has 0 radical (unpaired) electrons. The lowest BCUT2D eigenvalue weighted by molar-refractivity contribution is 1.01. The summed E-state index contributed by atoms with van der Waals surface area (Å²) >= 11 is 3.24. The molecule has 0 N–H and O–H groups in total. The van der Waals surface area contributed by atoms with Gasteiger partial charge in [0.1, 0.15) is 5.51 Å². The highest BCUT2D eigenvalue weighted by Crippen LogP contribution is 2.27. The molecule has 0 bridgehead atoms. The Labute approximate surface area is 79.8 Å². The van der Waals surface area contributed by atoms with Gasteiger partial charge in [0.25, 0.3) is 0 Å². The van der Waals surface area contributed by atoms with E-state index < -0.39 is 0 Å². The third-order valence-electron chi connectivity index (χ3n) is 1.49. The van der Waals surface area contributed by atoms with Gasteiger partial charge in [-0.2, -0.15) is 0 Å². The highest BCUT2D eigenvalue weighted by molar-refractivity contribution is 8.01. The van der Waals surface area contributed by atoms with Crippen LogP contribution in [0, 0.1) is 17.8 Å². The maximum atomic E-state index is 3.91. The van der Waals surface area contributed by atoms with Crippen LogP contribution >= 0.6 is 23.1 Å². The third kappa shape index (κ3) is 2.50. The molecule has 0 aromatic carbocycles. The van der Waals surface area contributed by atoms with Crippen molar-refractivity contribution in [3.8, 4) is 11.8 Å². The Balaban J connectivity index is 1.72. The molecule has 1 aliphatic carbocycles. The van der Waals surface area contributed by atoms with Crippen LogP contribution in [0.4, 0.5) is 0 Å². The van der Waals surface area contributed by atoms with Crippen molar-refractivity contribution in [1.82, 2.24) is 10.2 Å². The van der Waals surface area contributed by atoms with Gasteiger partial charge in [0.05, 0.1) is 5.75 Å². The minimum absolute atomic E-state index is 0.708. The van der Waals surface area contributed by atoms with Crippen LogP contribution < -0.4 is 0 Å². The summed E-state index contributed by atoms with van der Waals surface area (Å²) in [5.41, 5.74) is 1.75. The van der Waals surface area contributed by atoms with Crippen LogP contribution in [-0.2, 0) is 0 Å². The molecule has 1 aromatic heterocycles. The minimum Gasteiger partial charge on any atom is -0.146 e. The number of thioether (sulfide) groups is 1. The highest BCUT2D eigenvalue weighted by Gasteiger charge is 2.17. The Morgan fingerprint density at radius 3 is 3.25 bits per heavy atom. The Kier molecular flexibility index (Phi) is 2.64. The molecule has 4 heteroatoms. The SMILES string of the molecule is C(#CC1CC1)CSc1nncs1. The Hall–Kier alpha value is -0.530. The van der Waals surface area contributed by atoms with E-state index in [-0.39, 0.29) is 0 Å². The lowest BCUT2D eigenvalue weighted by atomic mass is 10.4. The fraction of sp³-hybridized carbons (Fsp3) is 0.500. The molecule has 2 nitrogen and oxygen atoms in total. The number of hydrogen-bond acceptors (Lipinski definition) is 4. The first kappa shape index (κ1) is 8.09. The maximum absolute atomic E-state index is 3.91. The van der Waals surface area contributed by atoms with Crippen LogP contribution in [0.5, 0.6) is 0 Å². The van der Waals surface area contributed by atoms with E-state index in [0.29, 0.717) is 5.92 Å². The van der Waals surface area contributed by atoms with Gasteiger partial charge >= 0.3 is 0 Å². The molecule has 1 heterocycles. The normalized spacial score (nSPS) is 15.3. The molecule has 1 fully saturated rings. The second-order valence-corrected chi connectivity index (χ2v) is 4.64. The van der Waals surface area contributed by atoms with Gasteiger partial charge in [0, 0.05) is 5.92 Å². The molecular weight excluding hydrogens is 188 g/mol. The van der Waals surface area contributed by atoms with Crippen molar-refractivity contribution >= 4 is 23.1 Å². The lowest BCUT2D eigenvalue weighted by Crippen LogP contribution is -1.74. The van der Waals surface area contributed by atoms with Gasteiger partial charge < -0.3 is 0 Å². The van der Waals surface area contributed by atoms with Gasteiger partial charge in [0.2, 0.25) is 0 Å². The predicted octanol–water partition coefficient (Wildman–Crippen LogP) is 2.04. The van der Waals surface area contributed by atoms with E-state index in [2.05, 4.69) is 22.0 Å². The van der Waals surface area contributed by atoms with Crippen molar-refractivity contribution in [2.45, 2.75) is 17.2 Å².